The Labute approximate surface area is 264 Å². The zero-order chi connectivity index (χ0) is 30.2. The monoisotopic (exact) mass is 586 g/mol. The maximum absolute atomic E-state index is 5.33. The van der Waals surface area contributed by atoms with Crippen LogP contribution in [-0.4, -0.2) is 19.1 Å². The second kappa shape index (κ2) is 9.62. The molecular weight excluding hydrogens is 560 g/mol. The van der Waals surface area contributed by atoms with E-state index < -0.39 is 0 Å². The largest absolute Gasteiger partial charge is 0.309 e. The van der Waals surface area contributed by atoms with Crippen molar-refractivity contribution in [1.29, 1.82) is 0 Å². The third-order valence-electron chi connectivity index (χ3n) is 9.25. The fraction of sp³-hybridized carbons (Fsp3) is 0. The van der Waals surface area contributed by atoms with Gasteiger partial charge in [0.15, 0.2) is 5.82 Å². The second-order valence-electron chi connectivity index (χ2n) is 11.9. The lowest BCUT2D eigenvalue weighted by molar-refractivity contribution is 1.08. The van der Waals surface area contributed by atoms with Crippen molar-refractivity contribution in [2.24, 2.45) is 0 Å². The molecule has 0 unspecified atom stereocenters. The summed E-state index contributed by atoms with van der Waals surface area (Å²) in [5.41, 5.74) is 9.38. The number of nitrogens with zero attached hydrogens (tertiary/aromatic N) is 4. The smallest absolute Gasteiger partial charge is 0.165 e. The van der Waals surface area contributed by atoms with Gasteiger partial charge in [0.1, 0.15) is 5.69 Å². The maximum Gasteiger partial charge on any atom is 0.165 e. The molecule has 0 aliphatic heterocycles. The van der Waals surface area contributed by atoms with Crippen LogP contribution in [0.5, 0.6) is 0 Å². The molecule has 7 aromatic carbocycles. The summed E-state index contributed by atoms with van der Waals surface area (Å²) >= 11 is 0. The summed E-state index contributed by atoms with van der Waals surface area (Å²) in [7, 11) is 0. The van der Waals surface area contributed by atoms with Crippen LogP contribution in [0, 0.1) is 0 Å². The van der Waals surface area contributed by atoms with Crippen molar-refractivity contribution in [1.82, 2.24) is 19.1 Å². The third-order valence-corrected chi connectivity index (χ3v) is 9.25. The van der Waals surface area contributed by atoms with Crippen LogP contribution in [0.4, 0.5) is 0 Å². The first-order valence-electron chi connectivity index (χ1n) is 15.6. The van der Waals surface area contributed by atoms with Gasteiger partial charge in [-0.3, -0.25) is 4.57 Å². The maximum atomic E-state index is 5.33. The van der Waals surface area contributed by atoms with Gasteiger partial charge in [0, 0.05) is 32.8 Å². The first-order valence-corrected chi connectivity index (χ1v) is 15.6. The molecular formula is C42H26N4. The number of para-hydroxylation sites is 4. The van der Waals surface area contributed by atoms with Gasteiger partial charge < -0.3 is 4.57 Å². The Bertz CT molecular complexity index is 2790. The Hall–Kier alpha value is -6.26. The molecule has 0 radical (unpaired) electrons. The molecule has 0 bridgehead atoms. The van der Waals surface area contributed by atoms with Crippen molar-refractivity contribution in [3.05, 3.63) is 158 Å². The van der Waals surface area contributed by atoms with Crippen LogP contribution in [0.1, 0.15) is 0 Å². The standard InChI is InChI=1S/C42H26N4/c1-3-13-27(14-4-1)41-42(44-36-21-11-10-20-35(36)43-41)46-37-22-12-9-19-31(37)33-25-39-34(26-40(33)46)32-23-28-15-7-8-16-29(28)24-38(32)45(39)30-17-5-2-6-18-30/h1-26H. The van der Waals surface area contributed by atoms with Crippen LogP contribution in [0.15, 0.2) is 158 Å². The molecule has 0 amide bonds. The molecule has 3 heterocycles. The van der Waals surface area contributed by atoms with Crippen LogP contribution in [-0.2, 0) is 0 Å². The van der Waals surface area contributed by atoms with Crippen molar-refractivity contribution in [2.75, 3.05) is 0 Å². The van der Waals surface area contributed by atoms with Crippen molar-refractivity contribution < 1.29 is 0 Å². The minimum absolute atomic E-state index is 0.827. The summed E-state index contributed by atoms with van der Waals surface area (Å²) < 4.78 is 4.73. The molecule has 46 heavy (non-hydrogen) atoms. The Balaban J connectivity index is 1.39. The lowest BCUT2D eigenvalue weighted by Gasteiger charge is -2.14. The molecule has 4 heteroatoms. The first kappa shape index (κ1) is 25.1. The zero-order valence-electron chi connectivity index (χ0n) is 24.8. The second-order valence-corrected chi connectivity index (χ2v) is 11.9. The first-order chi connectivity index (χ1) is 22.8. The van der Waals surface area contributed by atoms with E-state index in [4.69, 9.17) is 9.97 Å². The molecule has 0 spiro atoms. The molecule has 0 saturated heterocycles. The van der Waals surface area contributed by atoms with Gasteiger partial charge in [-0.1, -0.05) is 103 Å². The van der Waals surface area contributed by atoms with Crippen molar-refractivity contribution >= 4 is 65.4 Å². The Morgan fingerprint density at radius 3 is 1.70 bits per heavy atom. The van der Waals surface area contributed by atoms with Gasteiger partial charge >= 0.3 is 0 Å². The summed E-state index contributed by atoms with van der Waals surface area (Å²) in [5.74, 6) is 0.827. The average molecular weight is 587 g/mol. The van der Waals surface area contributed by atoms with Gasteiger partial charge in [-0.25, -0.2) is 9.97 Å². The summed E-state index contributed by atoms with van der Waals surface area (Å²) in [6.07, 6.45) is 0. The van der Waals surface area contributed by atoms with Crippen LogP contribution in [0.25, 0.3) is 88.2 Å². The zero-order valence-corrected chi connectivity index (χ0v) is 24.8. The lowest BCUT2D eigenvalue weighted by Crippen LogP contribution is -2.03. The lowest BCUT2D eigenvalue weighted by atomic mass is 10.0. The van der Waals surface area contributed by atoms with E-state index in [1.807, 2.05) is 30.3 Å². The topological polar surface area (TPSA) is 35.6 Å². The molecule has 0 N–H and O–H groups in total. The number of aromatic nitrogens is 4. The highest BCUT2D eigenvalue weighted by Gasteiger charge is 2.22. The molecule has 10 rings (SSSR count). The fourth-order valence-corrected chi connectivity index (χ4v) is 7.18. The summed E-state index contributed by atoms with van der Waals surface area (Å²) in [5, 5.41) is 7.26. The molecule has 0 atom stereocenters. The summed E-state index contributed by atoms with van der Waals surface area (Å²) in [6.45, 7) is 0. The van der Waals surface area contributed by atoms with Gasteiger partial charge in [0.05, 0.1) is 33.1 Å². The van der Waals surface area contributed by atoms with E-state index in [1.54, 1.807) is 0 Å². The van der Waals surface area contributed by atoms with E-state index in [9.17, 15) is 0 Å². The van der Waals surface area contributed by atoms with E-state index >= 15 is 0 Å². The Kier molecular flexibility index (Phi) is 5.25. The molecule has 214 valence electrons. The van der Waals surface area contributed by atoms with Gasteiger partial charge in [-0.2, -0.15) is 0 Å². The van der Waals surface area contributed by atoms with Gasteiger partial charge in [-0.05, 0) is 65.4 Å². The van der Waals surface area contributed by atoms with Crippen molar-refractivity contribution in [3.63, 3.8) is 0 Å². The normalized spacial score (nSPS) is 11.9. The predicted molar refractivity (Wildman–Crippen MR) is 191 cm³/mol. The van der Waals surface area contributed by atoms with Gasteiger partial charge in [0.25, 0.3) is 0 Å². The Morgan fingerprint density at radius 1 is 0.370 bits per heavy atom. The van der Waals surface area contributed by atoms with Crippen LogP contribution in [0.2, 0.25) is 0 Å². The third kappa shape index (κ3) is 3.61. The number of hydrogen-bond donors (Lipinski definition) is 0. The van der Waals surface area contributed by atoms with Crippen LogP contribution < -0.4 is 0 Å². The summed E-state index contributed by atoms with van der Waals surface area (Å²) in [4.78, 5) is 10.5. The van der Waals surface area contributed by atoms with E-state index in [2.05, 4.69) is 137 Å². The number of fused-ring (bicyclic) bond motifs is 8. The molecule has 0 saturated carbocycles. The van der Waals surface area contributed by atoms with Crippen molar-refractivity contribution in [2.45, 2.75) is 0 Å². The van der Waals surface area contributed by atoms with Gasteiger partial charge in [-0.15, -0.1) is 0 Å². The van der Waals surface area contributed by atoms with E-state index in [0.717, 1.165) is 44.8 Å². The quantitative estimate of drug-likeness (QED) is 0.206. The molecule has 10 aromatic rings. The van der Waals surface area contributed by atoms with Crippen molar-refractivity contribution in [3.8, 4) is 22.8 Å². The molecule has 0 aliphatic rings. The SMILES string of the molecule is c1ccc(-c2nc3ccccc3nc2-n2c3ccccc3c3cc4c(cc32)c2cc3ccccc3cc2n4-c2ccccc2)cc1. The van der Waals surface area contributed by atoms with E-state index in [0.29, 0.717) is 0 Å². The van der Waals surface area contributed by atoms with E-state index in [-0.39, 0.29) is 0 Å². The fourth-order valence-electron chi connectivity index (χ4n) is 7.18. The number of benzene rings is 7. The highest BCUT2D eigenvalue weighted by Crippen LogP contribution is 2.41. The van der Waals surface area contributed by atoms with Gasteiger partial charge in [0.2, 0.25) is 0 Å². The van der Waals surface area contributed by atoms with E-state index in [1.165, 1.54) is 43.4 Å². The summed E-state index contributed by atoms with van der Waals surface area (Å²) in [6, 6.07) is 55.9. The van der Waals surface area contributed by atoms with Crippen LogP contribution in [0.3, 0.4) is 0 Å². The molecule has 0 fully saturated rings. The predicted octanol–water partition coefficient (Wildman–Crippen LogP) is 10.6. The highest BCUT2D eigenvalue weighted by molar-refractivity contribution is 6.20. The minimum atomic E-state index is 0.827. The minimum Gasteiger partial charge on any atom is -0.309 e. The molecule has 4 nitrogen and oxygen atoms in total. The number of rotatable bonds is 3. The number of hydrogen-bond acceptors (Lipinski definition) is 2. The highest BCUT2D eigenvalue weighted by atomic mass is 15.1. The molecule has 3 aromatic heterocycles. The molecule has 0 aliphatic carbocycles. The average Bonchev–Trinajstić information content (AvgIpc) is 3.61. The Morgan fingerprint density at radius 2 is 0.913 bits per heavy atom. The van der Waals surface area contributed by atoms with Crippen LogP contribution >= 0.6 is 0 Å².